The predicted octanol–water partition coefficient (Wildman–Crippen LogP) is 2.82. The summed E-state index contributed by atoms with van der Waals surface area (Å²) in [5.41, 5.74) is 5.00. The fraction of sp³-hybridized carbons (Fsp3) is 0.269. The standard InChI is InChI=1S/C26H28N.BrH/c1-2-3-11-24-13-10-21-27(22-24)20-9-5-6-12-23-16-18-26(19-17-23)25-14-7-4-8-15-25;/h4,7-8,10,13-19,21-22H,2-3,5,9,11,20H2,1H3;1H/q+1;/p-1. The van der Waals surface area contributed by atoms with Gasteiger partial charge in [0.1, 0.15) is 6.54 Å². The minimum atomic E-state index is 0. The van der Waals surface area contributed by atoms with Crippen molar-refractivity contribution in [1.82, 2.24) is 0 Å². The smallest absolute Gasteiger partial charge is 0.171 e. The summed E-state index contributed by atoms with van der Waals surface area (Å²) >= 11 is 0. The predicted molar refractivity (Wildman–Crippen MR) is 113 cm³/mol. The second-order valence-electron chi connectivity index (χ2n) is 6.90. The lowest BCUT2D eigenvalue weighted by atomic mass is 10.0. The average molecular weight is 434 g/mol. The Hall–Kier alpha value is -2.37. The Kier molecular flexibility index (Phi) is 9.52. The third kappa shape index (κ3) is 6.98. The Labute approximate surface area is 180 Å². The zero-order valence-corrected chi connectivity index (χ0v) is 18.2. The highest BCUT2D eigenvalue weighted by molar-refractivity contribution is 5.64. The van der Waals surface area contributed by atoms with Crippen LogP contribution in [0.1, 0.15) is 43.7 Å². The number of rotatable bonds is 7. The van der Waals surface area contributed by atoms with Gasteiger partial charge in [0.2, 0.25) is 0 Å². The van der Waals surface area contributed by atoms with Gasteiger partial charge in [-0.05, 0) is 42.2 Å². The first-order chi connectivity index (χ1) is 13.3. The van der Waals surface area contributed by atoms with Gasteiger partial charge in [-0.15, -0.1) is 0 Å². The van der Waals surface area contributed by atoms with Crippen molar-refractivity contribution in [3.8, 4) is 23.0 Å². The van der Waals surface area contributed by atoms with E-state index in [0.29, 0.717) is 0 Å². The molecule has 28 heavy (non-hydrogen) atoms. The second kappa shape index (κ2) is 12.2. The van der Waals surface area contributed by atoms with Crippen molar-refractivity contribution in [2.24, 2.45) is 0 Å². The van der Waals surface area contributed by atoms with E-state index in [1.807, 2.05) is 6.07 Å². The van der Waals surface area contributed by atoms with Crippen LogP contribution < -0.4 is 21.5 Å². The van der Waals surface area contributed by atoms with Crippen molar-refractivity contribution in [2.45, 2.75) is 45.6 Å². The first-order valence-electron chi connectivity index (χ1n) is 9.97. The molecular formula is C26H28BrN. The maximum Gasteiger partial charge on any atom is 0.171 e. The van der Waals surface area contributed by atoms with Gasteiger partial charge in [-0.25, -0.2) is 4.57 Å². The van der Waals surface area contributed by atoms with Crippen LogP contribution in [0.25, 0.3) is 11.1 Å². The van der Waals surface area contributed by atoms with Crippen LogP contribution in [0.5, 0.6) is 0 Å². The molecule has 0 saturated heterocycles. The zero-order valence-electron chi connectivity index (χ0n) is 16.6. The summed E-state index contributed by atoms with van der Waals surface area (Å²) in [5.74, 6) is 6.61. The highest BCUT2D eigenvalue weighted by Gasteiger charge is 2.02. The molecule has 0 unspecified atom stereocenters. The van der Waals surface area contributed by atoms with Crippen LogP contribution in [0, 0.1) is 11.8 Å². The van der Waals surface area contributed by atoms with E-state index in [1.165, 1.54) is 36.0 Å². The number of aromatic nitrogens is 1. The molecule has 144 valence electrons. The van der Waals surface area contributed by atoms with E-state index in [2.05, 4.69) is 96.4 Å². The molecule has 0 aliphatic rings. The van der Waals surface area contributed by atoms with Gasteiger partial charge >= 0.3 is 0 Å². The first kappa shape index (κ1) is 21.9. The minimum absolute atomic E-state index is 0. The van der Waals surface area contributed by atoms with Gasteiger partial charge in [0.25, 0.3) is 0 Å². The van der Waals surface area contributed by atoms with Crippen LogP contribution >= 0.6 is 0 Å². The van der Waals surface area contributed by atoms with Gasteiger partial charge < -0.3 is 17.0 Å². The first-order valence-corrected chi connectivity index (χ1v) is 9.97. The van der Waals surface area contributed by atoms with Gasteiger partial charge in [0.05, 0.1) is 0 Å². The third-order valence-electron chi connectivity index (χ3n) is 4.68. The van der Waals surface area contributed by atoms with Crippen molar-refractivity contribution < 1.29 is 21.5 Å². The molecule has 0 amide bonds. The summed E-state index contributed by atoms with van der Waals surface area (Å²) < 4.78 is 2.29. The van der Waals surface area contributed by atoms with Crippen molar-refractivity contribution in [2.75, 3.05) is 0 Å². The summed E-state index contributed by atoms with van der Waals surface area (Å²) in [4.78, 5) is 0. The second-order valence-corrected chi connectivity index (χ2v) is 6.90. The highest BCUT2D eigenvalue weighted by Crippen LogP contribution is 2.18. The van der Waals surface area contributed by atoms with E-state index in [4.69, 9.17) is 0 Å². The van der Waals surface area contributed by atoms with Gasteiger partial charge in [0, 0.05) is 30.0 Å². The van der Waals surface area contributed by atoms with Crippen LogP contribution in [0.15, 0.2) is 79.1 Å². The van der Waals surface area contributed by atoms with E-state index >= 15 is 0 Å². The summed E-state index contributed by atoms with van der Waals surface area (Å²) in [5, 5.41) is 0. The van der Waals surface area contributed by atoms with E-state index in [1.54, 1.807) is 0 Å². The Morgan fingerprint density at radius 2 is 1.57 bits per heavy atom. The third-order valence-corrected chi connectivity index (χ3v) is 4.68. The van der Waals surface area contributed by atoms with E-state index < -0.39 is 0 Å². The molecule has 2 heteroatoms. The number of hydrogen-bond donors (Lipinski definition) is 0. The van der Waals surface area contributed by atoms with Crippen LogP contribution in [-0.2, 0) is 13.0 Å². The van der Waals surface area contributed by atoms with Crippen LogP contribution in [-0.4, -0.2) is 0 Å². The summed E-state index contributed by atoms with van der Waals surface area (Å²) in [6.45, 7) is 3.27. The molecule has 1 aromatic heterocycles. The lowest BCUT2D eigenvalue weighted by Crippen LogP contribution is -3.00. The zero-order chi connectivity index (χ0) is 18.7. The normalized spacial score (nSPS) is 9.89. The molecule has 1 nitrogen and oxygen atoms in total. The molecule has 0 saturated carbocycles. The Bertz CT molecular complexity index is 889. The molecule has 1 heterocycles. The fourth-order valence-corrected chi connectivity index (χ4v) is 3.14. The van der Waals surface area contributed by atoms with E-state index in [-0.39, 0.29) is 17.0 Å². The number of aryl methyl sites for hydroxylation is 2. The number of unbranched alkanes of at least 4 members (excludes halogenated alkanes) is 2. The molecular weight excluding hydrogens is 406 g/mol. The van der Waals surface area contributed by atoms with Crippen molar-refractivity contribution in [1.29, 1.82) is 0 Å². The van der Waals surface area contributed by atoms with Crippen LogP contribution in [0.2, 0.25) is 0 Å². The lowest BCUT2D eigenvalue weighted by Gasteiger charge is -2.01. The fourth-order valence-electron chi connectivity index (χ4n) is 3.14. The van der Waals surface area contributed by atoms with Crippen LogP contribution in [0.4, 0.5) is 0 Å². The lowest BCUT2D eigenvalue weighted by molar-refractivity contribution is -0.697. The quantitative estimate of drug-likeness (QED) is 0.306. The molecule has 0 spiro atoms. The maximum absolute atomic E-state index is 3.32. The molecule has 0 radical (unpaired) electrons. The maximum atomic E-state index is 3.32. The van der Waals surface area contributed by atoms with E-state index in [0.717, 1.165) is 24.9 Å². The number of nitrogens with zero attached hydrogens (tertiary/aromatic N) is 1. The molecule has 0 aliphatic carbocycles. The molecule has 0 bridgehead atoms. The minimum Gasteiger partial charge on any atom is -1.00 e. The average Bonchev–Trinajstić information content (AvgIpc) is 2.73. The highest BCUT2D eigenvalue weighted by atomic mass is 79.9. The van der Waals surface area contributed by atoms with Crippen molar-refractivity contribution >= 4 is 0 Å². The molecule has 0 N–H and O–H groups in total. The number of benzene rings is 2. The monoisotopic (exact) mass is 433 g/mol. The van der Waals surface area contributed by atoms with Crippen molar-refractivity contribution in [3.63, 3.8) is 0 Å². The summed E-state index contributed by atoms with van der Waals surface area (Å²) in [6.07, 6.45) is 10.1. The van der Waals surface area contributed by atoms with E-state index in [9.17, 15) is 0 Å². The Morgan fingerprint density at radius 3 is 2.32 bits per heavy atom. The Balaban J connectivity index is 0.00000280. The SMILES string of the molecule is CCCCc1ccc[n+](CCCC#Cc2ccc(-c3ccccc3)cc2)c1.[Br-]. The molecule has 3 aromatic rings. The van der Waals surface area contributed by atoms with Crippen LogP contribution in [0.3, 0.4) is 0 Å². The number of halogens is 1. The summed E-state index contributed by atoms with van der Waals surface area (Å²) in [6, 6.07) is 23.4. The Morgan fingerprint density at radius 1 is 0.821 bits per heavy atom. The molecule has 0 atom stereocenters. The van der Waals surface area contributed by atoms with Gasteiger partial charge in [0.15, 0.2) is 12.4 Å². The molecule has 2 aromatic carbocycles. The number of pyridine rings is 1. The van der Waals surface area contributed by atoms with Gasteiger partial charge in [-0.1, -0.05) is 67.6 Å². The molecule has 0 aliphatic heterocycles. The summed E-state index contributed by atoms with van der Waals surface area (Å²) in [7, 11) is 0. The molecule has 0 fully saturated rings. The number of hydrogen-bond acceptors (Lipinski definition) is 0. The van der Waals surface area contributed by atoms with Gasteiger partial charge in [-0.2, -0.15) is 0 Å². The largest absolute Gasteiger partial charge is 1.00 e. The van der Waals surface area contributed by atoms with Crippen molar-refractivity contribution in [3.05, 3.63) is 90.3 Å². The molecule has 3 rings (SSSR count). The van der Waals surface area contributed by atoms with Gasteiger partial charge in [-0.3, -0.25) is 0 Å². The topological polar surface area (TPSA) is 3.88 Å².